The van der Waals surface area contributed by atoms with Crippen molar-refractivity contribution >= 4 is 17.7 Å². The standard InChI is InChI=1S/C61H64N15O9.HI/c1-68(2)54(77)34-72-33-48(75(67-72)46-28-49(46)85-53-25-40(14-13-37-7-8-37)30-74(82)59(53)45-31-71(66-64-45)35-55(78)69-21-3-4-22-69)58-52(27-42(61(81)63-58)18-16-39-11-12-39)84-50-29-47(50)76-65-44(32-73(76)36-56(79)70-23-5-6-24-70)57-51(83-43-19-20-43)26-41(60(80)62-57)17-15-38-9-10-38;/h25-27,30-33,37-39,43,46-47,49-50H,3-12,19-24,28-29,34-36H2,1-2H3,(H-2,62,63,80,81,82);1H/q+1;/p+1. The SMILES string of the molecule is CN(C)C(=O)C[n+]1cc(-c2[nH]c(=O)c(C#CC3CC3)cc2OC2CC2n2nc(-c3[nH]c(=O)c(C#CC4CC4)cc3OC3CC3)c[n+]2CC(=O)N2CCCC2)n(C2CC2Oc2cc(C#CC3CC3)c[n+](O)c2-c2cn(CC(=O)N3CCCC3)nn2)n1.[I-]. The molecule has 0 radical (unpaired) electrons. The summed E-state index contributed by atoms with van der Waals surface area (Å²) in [4.78, 5) is 81.3. The van der Waals surface area contributed by atoms with Crippen LogP contribution < -0.4 is 63.4 Å². The predicted octanol–water partition coefficient (Wildman–Crippen LogP) is -0.904. The summed E-state index contributed by atoms with van der Waals surface area (Å²) >= 11 is 0. The fourth-order valence-electron chi connectivity index (χ4n) is 10.7. The van der Waals surface area contributed by atoms with E-state index in [2.05, 4.69) is 55.8 Å². The van der Waals surface area contributed by atoms with E-state index in [9.17, 15) is 29.2 Å². The monoisotopic (exact) mass is 1280 g/mol. The number of rotatable bonds is 17. The fourth-order valence-corrected chi connectivity index (χ4v) is 10.7. The molecule has 0 spiro atoms. The molecule has 2 aliphatic heterocycles. The van der Waals surface area contributed by atoms with Crippen molar-refractivity contribution in [3.05, 3.63) is 80.4 Å². The van der Waals surface area contributed by atoms with Crippen LogP contribution in [0.25, 0.3) is 34.2 Å². The first kappa shape index (κ1) is 56.6. The first-order chi connectivity index (χ1) is 41.3. The third-order valence-corrected chi connectivity index (χ3v) is 16.5. The number of aromatic amines is 2. The number of nitrogens with zero attached hydrogens (tertiary/aromatic N) is 13. The molecule has 8 fully saturated rings. The number of carbonyl (C=O) groups excluding carboxylic acids is 3. The molecule has 2 saturated heterocycles. The van der Waals surface area contributed by atoms with Crippen LogP contribution in [0.1, 0.15) is 119 Å². The summed E-state index contributed by atoms with van der Waals surface area (Å²) in [5, 5.41) is 30.3. The number of H-pyrrole nitrogens is 2. The van der Waals surface area contributed by atoms with Gasteiger partial charge in [0.05, 0.1) is 39.3 Å². The van der Waals surface area contributed by atoms with Crippen molar-refractivity contribution < 1.29 is 71.9 Å². The van der Waals surface area contributed by atoms with Crippen molar-refractivity contribution in [2.45, 2.75) is 140 Å². The number of hydrogen-bond acceptors (Lipinski definition) is 13. The van der Waals surface area contributed by atoms with Gasteiger partial charge >= 0.3 is 5.69 Å². The van der Waals surface area contributed by atoms with Gasteiger partial charge in [-0.3, -0.25) is 29.2 Å². The number of pyridine rings is 3. The summed E-state index contributed by atoms with van der Waals surface area (Å²) in [6.45, 7) is 2.58. The van der Waals surface area contributed by atoms with Crippen LogP contribution in [0, 0.1) is 53.3 Å². The molecule has 8 aliphatic rings. The van der Waals surface area contributed by atoms with Gasteiger partial charge in [0.1, 0.15) is 41.6 Å². The molecular weight excluding hydrogens is 1210 g/mol. The molecule has 444 valence electrons. The second kappa shape index (κ2) is 23.4. The highest BCUT2D eigenvalue weighted by Gasteiger charge is 2.52. The topological polar surface area (TPSA) is 253 Å². The molecule has 6 aromatic rings. The third kappa shape index (κ3) is 12.7. The van der Waals surface area contributed by atoms with Crippen molar-refractivity contribution in [3.8, 4) is 86.9 Å². The minimum absolute atomic E-state index is 0. The van der Waals surface area contributed by atoms with Gasteiger partial charge in [-0.25, -0.2) is 4.68 Å². The van der Waals surface area contributed by atoms with Gasteiger partial charge in [0, 0.05) is 93.8 Å². The van der Waals surface area contributed by atoms with Crippen LogP contribution in [0.3, 0.4) is 0 Å². The van der Waals surface area contributed by atoms with Crippen molar-refractivity contribution in [3.63, 3.8) is 0 Å². The summed E-state index contributed by atoms with van der Waals surface area (Å²) in [5.74, 6) is 20.5. The molecule has 4 atom stereocenters. The van der Waals surface area contributed by atoms with E-state index in [1.165, 1.54) is 20.5 Å². The van der Waals surface area contributed by atoms with Gasteiger partial charge in [-0.05, 0) is 81.8 Å². The molecule has 3 amide bonds. The third-order valence-electron chi connectivity index (χ3n) is 16.5. The van der Waals surface area contributed by atoms with E-state index >= 15 is 0 Å². The van der Waals surface area contributed by atoms with E-state index in [0.717, 1.165) is 81.8 Å². The minimum atomic E-state index is -0.550. The van der Waals surface area contributed by atoms with Gasteiger partial charge in [0.25, 0.3) is 28.6 Å². The zero-order valence-corrected chi connectivity index (χ0v) is 50.1. The van der Waals surface area contributed by atoms with Gasteiger partial charge in [0.15, 0.2) is 49.0 Å². The lowest BCUT2D eigenvalue weighted by molar-refractivity contribution is -0.896. The minimum Gasteiger partial charge on any atom is -1.00 e. The number of hydrogen-bond donors (Lipinski definition) is 3. The first-order valence-corrected chi connectivity index (χ1v) is 29.8. The van der Waals surface area contributed by atoms with Gasteiger partial charge in [0.2, 0.25) is 17.8 Å². The molecule has 6 saturated carbocycles. The number of likely N-dealkylation sites (tertiary alicyclic amines) is 2. The molecule has 6 aromatic heterocycles. The number of carbonyl (C=O) groups is 3. The summed E-state index contributed by atoms with van der Waals surface area (Å²) in [6, 6.07) is 4.24. The van der Waals surface area contributed by atoms with Crippen LogP contribution in [0.4, 0.5) is 0 Å². The van der Waals surface area contributed by atoms with Crippen molar-refractivity contribution in [2.75, 3.05) is 40.3 Å². The molecule has 8 heterocycles. The molecule has 0 aromatic carbocycles. The smallest absolute Gasteiger partial charge is 0.327 e. The molecule has 4 unspecified atom stereocenters. The Kier molecular flexibility index (Phi) is 15.4. The molecule has 24 nitrogen and oxygen atoms in total. The Morgan fingerprint density at radius 1 is 0.698 bits per heavy atom. The van der Waals surface area contributed by atoms with E-state index in [4.69, 9.17) is 24.5 Å². The number of aromatic nitrogens is 12. The quantitative estimate of drug-likeness (QED) is 0.0434. The Morgan fingerprint density at radius 2 is 1.29 bits per heavy atom. The van der Waals surface area contributed by atoms with Gasteiger partial charge in [-0.15, -0.1) is 19.1 Å². The number of ether oxygens (including phenoxy) is 3. The number of amides is 3. The van der Waals surface area contributed by atoms with Crippen molar-refractivity contribution in [1.82, 2.24) is 59.5 Å². The maximum Gasteiger partial charge on any atom is 0.327 e. The van der Waals surface area contributed by atoms with E-state index in [1.54, 1.807) is 65.0 Å². The lowest BCUT2D eigenvalue weighted by Crippen LogP contribution is -3.00. The Balaban J connectivity index is 0.00000686. The zero-order chi connectivity index (χ0) is 58.0. The van der Waals surface area contributed by atoms with Crippen LogP contribution in [-0.2, 0) is 34.0 Å². The molecular formula is C61H66IN15O9+2. The molecule has 6 aliphatic carbocycles. The Labute approximate surface area is 511 Å². The van der Waals surface area contributed by atoms with Gasteiger partial charge in [-0.2, -0.15) is 0 Å². The molecule has 0 bridgehead atoms. The number of nitrogens with one attached hydrogen (secondary N) is 2. The molecule has 25 heteroatoms. The summed E-state index contributed by atoms with van der Waals surface area (Å²) in [5.41, 5.74) is 2.25. The maximum atomic E-state index is 14.2. The number of halogens is 1. The lowest BCUT2D eigenvalue weighted by atomic mass is 10.2. The highest BCUT2D eigenvalue weighted by atomic mass is 127. The molecule has 3 N–H and O–H groups in total. The van der Waals surface area contributed by atoms with E-state index in [1.807, 2.05) is 9.80 Å². The average molecular weight is 1280 g/mol. The van der Waals surface area contributed by atoms with Gasteiger partial charge < -0.3 is 62.9 Å². The van der Waals surface area contributed by atoms with E-state index in [0.29, 0.717) is 84.6 Å². The number of likely N-dealkylation sites (N-methyl/N-ethyl adjacent to an activating group) is 1. The Morgan fingerprint density at radius 3 is 1.93 bits per heavy atom. The predicted molar refractivity (Wildman–Crippen MR) is 299 cm³/mol. The van der Waals surface area contributed by atoms with Crippen LogP contribution in [0.5, 0.6) is 17.2 Å². The second-order valence-corrected chi connectivity index (χ2v) is 24.0. The summed E-state index contributed by atoms with van der Waals surface area (Å²) in [7, 11) is 3.33. The highest BCUT2D eigenvalue weighted by molar-refractivity contribution is 5.76. The van der Waals surface area contributed by atoms with Crippen molar-refractivity contribution in [2.24, 2.45) is 17.8 Å². The van der Waals surface area contributed by atoms with E-state index in [-0.39, 0.29) is 113 Å². The highest BCUT2D eigenvalue weighted by Crippen LogP contribution is 2.46. The molecule has 86 heavy (non-hydrogen) atoms. The summed E-state index contributed by atoms with van der Waals surface area (Å²) < 4.78 is 27.6. The second-order valence-electron chi connectivity index (χ2n) is 24.0. The average Bonchev–Trinajstić information content (AvgIpc) is 1.89. The summed E-state index contributed by atoms with van der Waals surface area (Å²) in [6.07, 6.45) is 17.9. The lowest BCUT2D eigenvalue weighted by Gasteiger charge is -2.14. The maximum absolute atomic E-state index is 14.2. The normalized spacial score (nSPS) is 20.8. The first-order valence-electron chi connectivity index (χ1n) is 29.8. The van der Waals surface area contributed by atoms with Gasteiger partial charge in [-0.1, -0.05) is 40.7 Å². The Hall–Kier alpha value is -8.51. The van der Waals surface area contributed by atoms with Crippen LogP contribution >= 0.6 is 0 Å². The Bertz CT molecular complexity index is 4010. The molecule has 14 rings (SSSR count). The zero-order valence-electron chi connectivity index (χ0n) is 47.9. The largest absolute Gasteiger partial charge is 1.00 e. The van der Waals surface area contributed by atoms with Crippen LogP contribution in [-0.4, -0.2) is 141 Å². The van der Waals surface area contributed by atoms with E-state index < -0.39 is 29.9 Å². The van der Waals surface area contributed by atoms with Crippen LogP contribution in [0.2, 0.25) is 0 Å². The van der Waals surface area contributed by atoms with Crippen molar-refractivity contribution in [1.29, 1.82) is 0 Å². The fraction of sp³-hybridized carbons (Fsp3) is 0.508. The van der Waals surface area contributed by atoms with Crippen LogP contribution in [0.15, 0.2) is 52.6 Å².